The fraction of sp³-hybridized carbons (Fsp3) is 0.536. The number of amides is 1. The van der Waals surface area contributed by atoms with E-state index in [4.69, 9.17) is 9.97 Å². The number of carbonyl (C=O) groups excluding carboxylic acids is 1. The first-order chi connectivity index (χ1) is 16.7. The first-order valence-corrected chi connectivity index (χ1v) is 13.9. The lowest BCUT2D eigenvalue weighted by molar-refractivity contribution is -0.133. The van der Waals surface area contributed by atoms with E-state index in [0.717, 1.165) is 69.9 Å². The number of unbranched alkanes of at least 4 members (excludes halogenated alkanes) is 1. The van der Waals surface area contributed by atoms with Gasteiger partial charge in [-0.2, -0.15) is 0 Å². The number of hydrogen-bond acceptors (Lipinski definition) is 5. The molecular weight excluding hydrogens is 440 g/mol. The minimum absolute atomic E-state index is 0.171. The van der Waals surface area contributed by atoms with Crippen LogP contribution in [0.15, 0.2) is 30.3 Å². The molecule has 6 heteroatoms. The highest BCUT2D eigenvalue weighted by molar-refractivity contribution is 7.19. The molecule has 0 radical (unpaired) electrons. The maximum absolute atomic E-state index is 13.2. The third-order valence-corrected chi connectivity index (χ3v) is 9.01. The van der Waals surface area contributed by atoms with Crippen LogP contribution in [0.3, 0.4) is 0 Å². The Kier molecular flexibility index (Phi) is 6.02. The van der Waals surface area contributed by atoms with Crippen molar-refractivity contribution in [2.45, 2.75) is 64.2 Å². The van der Waals surface area contributed by atoms with E-state index < -0.39 is 0 Å². The number of anilines is 1. The number of nitrogens with zero attached hydrogens (tertiary/aromatic N) is 4. The highest BCUT2D eigenvalue weighted by Crippen LogP contribution is 2.48. The minimum atomic E-state index is 0.171. The van der Waals surface area contributed by atoms with E-state index in [1.807, 2.05) is 17.4 Å². The Morgan fingerprint density at radius 3 is 2.65 bits per heavy atom. The lowest BCUT2D eigenvalue weighted by atomic mass is 9.96. The van der Waals surface area contributed by atoms with Gasteiger partial charge in [-0.05, 0) is 55.6 Å². The molecule has 5 nitrogen and oxygen atoms in total. The molecule has 0 bridgehead atoms. The smallest absolute Gasteiger partial charge is 0.226 e. The van der Waals surface area contributed by atoms with E-state index in [9.17, 15) is 4.79 Å². The molecule has 1 saturated carbocycles. The van der Waals surface area contributed by atoms with Crippen molar-refractivity contribution >= 4 is 33.3 Å². The Morgan fingerprint density at radius 2 is 1.85 bits per heavy atom. The van der Waals surface area contributed by atoms with Crippen molar-refractivity contribution in [2.75, 3.05) is 31.1 Å². The third kappa shape index (κ3) is 4.10. The summed E-state index contributed by atoms with van der Waals surface area (Å²) >= 11 is 1.90. The molecule has 1 amide bonds. The molecule has 1 aliphatic heterocycles. The molecule has 1 saturated heterocycles. The Labute approximate surface area is 206 Å². The predicted octanol–water partition coefficient (Wildman–Crippen LogP) is 5.37. The number of piperazine rings is 1. The zero-order valence-electron chi connectivity index (χ0n) is 20.1. The van der Waals surface area contributed by atoms with Crippen LogP contribution in [0.2, 0.25) is 0 Å². The van der Waals surface area contributed by atoms with Crippen molar-refractivity contribution in [1.82, 2.24) is 14.9 Å². The van der Waals surface area contributed by atoms with E-state index in [1.54, 1.807) is 0 Å². The second-order valence-electron chi connectivity index (χ2n) is 10.1. The molecule has 2 aromatic heterocycles. The first-order valence-electron chi connectivity index (χ1n) is 13.1. The van der Waals surface area contributed by atoms with Crippen molar-refractivity contribution in [3.63, 3.8) is 0 Å². The highest BCUT2D eigenvalue weighted by atomic mass is 32.1. The second-order valence-corrected chi connectivity index (χ2v) is 11.2. The van der Waals surface area contributed by atoms with Gasteiger partial charge in [0.2, 0.25) is 5.91 Å². The van der Waals surface area contributed by atoms with Crippen molar-refractivity contribution in [1.29, 1.82) is 0 Å². The molecule has 178 valence electrons. The summed E-state index contributed by atoms with van der Waals surface area (Å²) in [7, 11) is 0. The Bertz CT molecular complexity index is 1180. The number of benzene rings is 1. The zero-order chi connectivity index (χ0) is 23.1. The van der Waals surface area contributed by atoms with Crippen LogP contribution in [0.25, 0.3) is 10.2 Å². The lowest BCUT2D eigenvalue weighted by Gasteiger charge is -2.36. The van der Waals surface area contributed by atoms with Gasteiger partial charge in [-0.1, -0.05) is 43.7 Å². The summed E-state index contributed by atoms with van der Waals surface area (Å²) < 4.78 is 0. The zero-order valence-corrected chi connectivity index (χ0v) is 20.9. The van der Waals surface area contributed by atoms with Crippen LogP contribution in [0.1, 0.15) is 66.8 Å². The molecule has 2 fully saturated rings. The van der Waals surface area contributed by atoms with Crippen LogP contribution in [-0.4, -0.2) is 47.0 Å². The number of aryl methyl sites for hydroxylation is 3. The van der Waals surface area contributed by atoms with Gasteiger partial charge in [0.05, 0.1) is 5.39 Å². The average molecular weight is 475 g/mol. The van der Waals surface area contributed by atoms with Gasteiger partial charge in [0, 0.05) is 43.4 Å². The molecule has 2 aliphatic carbocycles. The molecule has 3 heterocycles. The summed E-state index contributed by atoms with van der Waals surface area (Å²) in [5.74, 6) is 3.05. The van der Waals surface area contributed by atoms with Crippen LogP contribution in [0, 0.1) is 5.92 Å². The number of thiophene rings is 1. The summed E-state index contributed by atoms with van der Waals surface area (Å²) in [6, 6.07) is 10.5. The average Bonchev–Trinajstić information content (AvgIpc) is 3.61. The van der Waals surface area contributed by atoms with E-state index >= 15 is 0 Å². The maximum Gasteiger partial charge on any atom is 0.226 e. The van der Waals surface area contributed by atoms with Crippen LogP contribution >= 0.6 is 11.3 Å². The van der Waals surface area contributed by atoms with E-state index in [1.165, 1.54) is 45.5 Å². The summed E-state index contributed by atoms with van der Waals surface area (Å²) in [6.07, 6.45) is 9.12. The second kappa shape index (κ2) is 9.29. The largest absolute Gasteiger partial charge is 0.352 e. The fourth-order valence-electron chi connectivity index (χ4n) is 5.77. The Morgan fingerprint density at radius 1 is 1.06 bits per heavy atom. The SMILES string of the molecule is CCCCc1nc(N2CCN(C(=O)C3C[C@H]3c3ccccc3)CC2)c2c3c(sc2n1)CCCC3. The van der Waals surface area contributed by atoms with Gasteiger partial charge in [-0.3, -0.25) is 4.79 Å². The first kappa shape index (κ1) is 22.0. The molecule has 3 aliphatic rings. The Hall–Kier alpha value is -2.47. The molecule has 34 heavy (non-hydrogen) atoms. The molecular formula is C28H34N4OS. The summed E-state index contributed by atoms with van der Waals surface area (Å²) in [5.41, 5.74) is 2.81. The van der Waals surface area contributed by atoms with Gasteiger partial charge >= 0.3 is 0 Å². The maximum atomic E-state index is 13.2. The molecule has 2 atom stereocenters. The van der Waals surface area contributed by atoms with Crippen molar-refractivity contribution in [2.24, 2.45) is 5.92 Å². The molecule has 0 N–H and O–H groups in total. The van der Waals surface area contributed by atoms with Crippen molar-refractivity contribution < 1.29 is 4.79 Å². The van der Waals surface area contributed by atoms with Gasteiger partial charge < -0.3 is 9.80 Å². The predicted molar refractivity (Wildman–Crippen MR) is 139 cm³/mol. The van der Waals surface area contributed by atoms with Crippen molar-refractivity contribution in [3.8, 4) is 0 Å². The Balaban J connectivity index is 1.20. The lowest BCUT2D eigenvalue weighted by Crippen LogP contribution is -2.49. The van der Waals surface area contributed by atoms with Gasteiger partial charge in [0.25, 0.3) is 0 Å². The minimum Gasteiger partial charge on any atom is -0.352 e. The summed E-state index contributed by atoms with van der Waals surface area (Å²) in [6.45, 7) is 5.52. The molecule has 1 unspecified atom stereocenters. The summed E-state index contributed by atoms with van der Waals surface area (Å²) in [4.78, 5) is 30.6. The third-order valence-electron chi connectivity index (χ3n) is 7.82. The van der Waals surface area contributed by atoms with Crippen molar-refractivity contribution in [3.05, 3.63) is 52.2 Å². The highest BCUT2D eigenvalue weighted by Gasteiger charge is 2.46. The topological polar surface area (TPSA) is 49.3 Å². The van der Waals surface area contributed by atoms with Crippen LogP contribution in [-0.2, 0) is 24.1 Å². The van der Waals surface area contributed by atoms with Crippen LogP contribution in [0.4, 0.5) is 5.82 Å². The molecule has 6 rings (SSSR count). The van der Waals surface area contributed by atoms with Gasteiger partial charge in [0.15, 0.2) is 0 Å². The molecule has 0 spiro atoms. The number of aromatic nitrogens is 2. The quantitative estimate of drug-likeness (QED) is 0.482. The number of fused-ring (bicyclic) bond motifs is 3. The monoisotopic (exact) mass is 474 g/mol. The van der Waals surface area contributed by atoms with E-state index in [2.05, 4.69) is 41.0 Å². The van der Waals surface area contributed by atoms with Gasteiger partial charge in [-0.15, -0.1) is 11.3 Å². The summed E-state index contributed by atoms with van der Waals surface area (Å²) in [5, 5.41) is 1.31. The van der Waals surface area contributed by atoms with Gasteiger partial charge in [0.1, 0.15) is 16.5 Å². The van der Waals surface area contributed by atoms with Crippen LogP contribution in [0.5, 0.6) is 0 Å². The van der Waals surface area contributed by atoms with Gasteiger partial charge in [-0.25, -0.2) is 9.97 Å². The molecule has 1 aromatic carbocycles. The normalized spacial score (nSPS) is 22.1. The number of hydrogen-bond donors (Lipinski definition) is 0. The number of carbonyl (C=O) groups is 1. The fourth-order valence-corrected chi connectivity index (χ4v) is 7.04. The standard InChI is InChI=1S/C28H34N4OS/c1-2-3-13-24-29-26(25-20-11-7-8-12-23(20)34-27(25)30-24)31-14-16-32(17-15-31)28(33)22-18-21(22)19-9-5-4-6-10-19/h4-6,9-10,21-22H,2-3,7-8,11-18H2,1H3/t21-,22?/m0/s1. The number of rotatable bonds is 6. The van der Waals surface area contributed by atoms with E-state index in [-0.39, 0.29) is 5.92 Å². The van der Waals surface area contributed by atoms with Crippen LogP contribution < -0.4 is 4.90 Å². The van der Waals surface area contributed by atoms with E-state index in [0.29, 0.717) is 11.8 Å². The molecule has 3 aromatic rings.